The van der Waals surface area contributed by atoms with Gasteiger partial charge in [-0.3, -0.25) is 9.59 Å². The second-order valence-electron chi connectivity index (χ2n) is 5.47. The average Bonchev–Trinajstić information content (AvgIpc) is 3.07. The molecule has 3 rings (SSSR count). The molecular formula is C19H16N2O3. The Morgan fingerprint density at radius 1 is 1.00 bits per heavy atom. The van der Waals surface area contributed by atoms with E-state index in [2.05, 4.69) is 10.3 Å². The van der Waals surface area contributed by atoms with Gasteiger partial charge in [-0.05, 0) is 37.6 Å². The number of aromatic nitrogens is 1. The van der Waals surface area contributed by atoms with Crippen molar-refractivity contribution in [3.63, 3.8) is 0 Å². The number of pyridine rings is 1. The molecule has 0 radical (unpaired) electrons. The van der Waals surface area contributed by atoms with Gasteiger partial charge in [0, 0.05) is 17.3 Å². The minimum Gasteiger partial charge on any atom is -0.451 e. The Morgan fingerprint density at radius 3 is 2.38 bits per heavy atom. The Bertz CT molecular complexity index is 878. The second kappa shape index (κ2) is 6.50. The maximum Gasteiger partial charge on any atom is 0.292 e. The summed E-state index contributed by atoms with van der Waals surface area (Å²) in [7, 11) is 0. The third-order valence-corrected chi connectivity index (χ3v) is 3.56. The lowest BCUT2D eigenvalue weighted by Crippen LogP contribution is -2.11. The normalized spacial score (nSPS) is 10.4. The van der Waals surface area contributed by atoms with Crippen LogP contribution in [0.4, 0.5) is 5.82 Å². The highest BCUT2D eigenvalue weighted by atomic mass is 16.3. The first kappa shape index (κ1) is 15.7. The van der Waals surface area contributed by atoms with Crippen molar-refractivity contribution >= 4 is 17.5 Å². The van der Waals surface area contributed by atoms with Gasteiger partial charge in [0.05, 0.1) is 0 Å². The molecule has 0 spiro atoms. The van der Waals surface area contributed by atoms with Gasteiger partial charge in [0.2, 0.25) is 0 Å². The van der Waals surface area contributed by atoms with Gasteiger partial charge in [0.1, 0.15) is 11.6 Å². The highest BCUT2D eigenvalue weighted by molar-refractivity contribution is 6.02. The zero-order valence-electron chi connectivity index (χ0n) is 13.4. The molecule has 0 saturated heterocycles. The van der Waals surface area contributed by atoms with Crippen LogP contribution >= 0.6 is 0 Å². The van der Waals surface area contributed by atoms with E-state index >= 15 is 0 Å². The Labute approximate surface area is 139 Å². The van der Waals surface area contributed by atoms with Gasteiger partial charge in [-0.1, -0.05) is 30.3 Å². The van der Waals surface area contributed by atoms with E-state index in [0.717, 1.165) is 11.1 Å². The van der Waals surface area contributed by atoms with Gasteiger partial charge in [-0.25, -0.2) is 4.98 Å². The van der Waals surface area contributed by atoms with Gasteiger partial charge in [-0.2, -0.15) is 0 Å². The molecule has 5 nitrogen and oxygen atoms in total. The Hall–Kier alpha value is -3.21. The number of nitrogens with zero attached hydrogens (tertiary/aromatic N) is 1. The van der Waals surface area contributed by atoms with E-state index in [-0.39, 0.29) is 17.5 Å². The van der Waals surface area contributed by atoms with Crippen LogP contribution in [-0.2, 0) is 0 Å². The number of aryl methyl sites for hydroxylation is 1. The number of carbonyl (C=O) groups excluding carboxylic acids is 2. The molecule has 0 aliphatic heterocycles. The van der Waals surface area contributed by atoms with Gasteiger partial charge < -0.3 is 9.73 Å². The number of amides is 1. The van der Waals surface area contributed by atoms with Crippen molar-refractivity contribution in [2.75, 3.05) is 5.32 Å². The van der Waals surface area contributed by atoms with Crippen LogP contribution in [0.25, 0.3) is 11.3 Å². The van der Waals surface area contributed by atoms with Crippen molar-refractivity contribution in [3.8, 4) is 11.3 Å². The van der Waals surface area contributed by atoms with Crippen molar-refractivity contribution in [2.24, 2.45) is 0 Å². The fourth-order valence-corrected chi connectivity index (χ4v) is 2.20. The summed E-state index contributed by atoms with van der Waals surface area (Å²) in [6.45, 7) is 3.44. The third kappa shape index (κ3) is 3.41. The molecule has 1 N–H and O–H groups in total. The van der Waals surface area contributed by atoms with Crippen LogP contribution in [0.5, 0.6) is 0 Å². The summed E-state index contributed by atoms with van der Waals surface area (Å²) in [5.41, 5.74) is 2.45. The van der Waals surface area contributed by atoms with E-state index in [1.54, 1.807) is 48.7 Å². The number of nitrogens with one attached hydrogen (secondary N) is 1. The summed E-state index contributed by atoms with van der Waals surface area (Å²) < 4.78 is 5.60. The van der Waals surface area contributed by atoms with E-state index in [4.69, 9.17) is 4.42 Å². The molecule has 2 heterocycles. The molecule has 1 aromatic carbocycles. The van der Waals surface area contributed by atoms with E-state index in [1.165, 1.54) is 6.92 Å². The van der Waals surface area contributed by atoms with Crippen molar-refractivity contribution in [1.29, 1.82) is 0 Å². The average molecular weight is 320 g/mol. The molecule has 1 amide bonds. The molecule has 0 unspecified atom stereocenters. The van der Waals surface area contributed by atoms with Crippen LogP contribution in [0.1, 0.15) is 33.4 Å². The summed E-state index contributed by atoms with van der Waals surface area (Å²) in [6, 6.07) is 14.0. The third-order valence-electron chi connectivity index (χ3n) is 3.56. The molecule has 0 saturated carbocycles. The molecule has 24 heavy (non-hydrogen) atoms. The number of rotatable bonds is 4. The number of anilines is 1. The van der Waals surface area contributed by atoms with Gasteiger partial charge >= 0.3 is 0 Å². The first-order chi connectivity index (χ1) is 11.5. The molecule has 0 aliphatic rings. The summed E-state index contributed by atoms with van der Waals surface area (Å²) in [5.74, 6) is 0.870. The first-order valence-corrected chi connectivity index (χ1v) is 7.48. The summed E-state index contributed by atoms with van der Waals surface area (Å²) >= 11 is 0. The zero-order chi connectivity index (χ0) is 17.1. The minimum atomic E-state index is -0.363. The highest BCUT2D eigenvalue weighted by Crippen LogP contribution is 2.23. The molecule has 5 heteroatoms. The molecule has 0 atom stereocenters. The van der Waals surface area contributed by atoms with Crippen LogP contribution in [0.15, 0.2) is 59.1 Å². The fraction of sp³-hybridized carbons (Fsp3) is 0.105. The van der Waals surface area contributed by atoms with Crippen molar-refractivity contribution < 1.29 is 14.0 Å². The number of carbonyl (C=O) groups is 2. The Kier molecular flexibility index (Phi) is 4.24. The maximum atomic E-state index is 12.2. The van der Waals surface area contributed by atoms with Crippen LogP contribution < -0.4 is 5.32 Å². The monoisotopic (exact) mass is 320 g/mol. The molecule has 0 fully saturated rings. The van der Waals surface area contributed by atoms with Crippen LogP contribution in [0, 0.1) is 6.92 Å². The number of hydrogen-bond acceptors (Lipinski definition) is 4. The van der Waals surface area contributed by atoms with Crippen LogP contribution in [0.2, 0.25) is 0 Å². The fourth-order valence-electron chi connectivity index (χ4n) is 2.20. The lowest BCUT2D eigenvalue weighted by molar-refractivity contribution is 0.0994. The quantitative estimate of drug-likeness (QED) is 0.734. The standard InChI is InChI=1S/C19H16N2O3/c1-12-3-10-18(20-11-12)21-19(23)17-9-8-16(24-17)15-6-4-14(5-7-15)13(2)22/h3-11H,1-2H3,(H,20,21,23). The van der Waals surface area contributed by atoms with E-state index in [9.17, 15) is 9.59 Å². The molecule has 0 bridgehead atoms. The number of furan rings is 1. The predicted molar refractivity (Wildman–Crippen MR) is 91.1 cm³/mol. The van der Waals surface area contributed by atoms with Gasteiger partial charge in [0.15, 0.2) is 11.5 Å². The number of ketones is 1. The molecule has 2 aromatic heterocycles. The minimum absolute atomic E-state index is 0.00617. The van der Waals surface area contributed by atoms with Crippen molar-refractivity contribution in [2.45, 2.75) is 13.8 Å². The SMILES string of the molecule is CC(=O)c1ccc(-c2ccc(C(=O)Nc3ccc(C)cn3)o2)cc1. The zero-order valence-corrected chi connectivity index (χ0v) is 13.4. The van der Waals surface area contributed by atoms with Crippen molar-refractivity contribution in [1.82, 2.24) is 4.98 Å². The molecule has 0 aliphatic carbocycles. The number of hydrogen-bond donors (Lipinski definition) is 1. The number of benzene rings is 1. The molecular weight excluding hydrogens is 304 g/mol. The largest absolute Gasteiger partial charge is 0.451 e. The smallest absolute Gasteiger partial charge is 0.292 e. The predicted octanol–water partition coefficient (Wildman–Crippen LogP) is 4.10. The Morgan fingerprint density at radius 2 is 1.75 bits per heavy atom. The molecule has 120 valence electrons. The van der Waals surface area contributed by atoms with Crippen molar-refractivity contribution in [3.05, 3.63) is 71.6 Å². The van der Waals surface area contributed by atoms with E-state index in [0.29, 0.717) is 17.1 Å². The summed E-state index contributed by atoms with van der Waals surface area (Å²) in [4.78, 5) is 27.6. The maximum absolute atomic E-state index is 12.2. The molecule has 3 aromatic rings. The summed E-state index contributed by atoms with van der Waals surface area (Å²) in [5, 5.41) is 2.69. The number of Topliss-reactive ketones (excluding diaryl/α,β-unsaturated/α-hetero) is 1. The van der Waals surface area contributed by atoms with Crippen LogP contribution in [0.3, 0.4) is 0 Å². The lowest BCUT2D eigenvalue weighted by Gasteiger charge is -2.02. The van der Waals surface area contributed by atoms with Gasteiger partial charge in [0.25, 0.3) is 5.91 Å². The topological polar surface area (TPSA) is 72.2 Å². The second-order valence-corrected chi connectivity index (χ2v) is 5.47. The first-order valence-electron chi connectivity index (χ1n) is 7.48. The Balaban J connectivity index is 1.75. The van der Waals surface area contributed by atoms with E-state index < -0.39 is 0 Å². The lowest BCUT2D eigenvalue weighted by atomic mass is 10.1. The highest BCUT2D eigenvalue weighted by Gasteiger charge is 2.13. The van der Waals surface area contributed by atoms with Gasteiger partial charge in [-0.15, -0.1) is 0 Å². The summed E-state index contributed by atoms with van der Waals surface area (Å²) in [6.07, 6.45) is 1.68. The van der Waals surface area contributed by atoms with Crippen LogP contribution in [-0.4, -0.2) is 16.7 Å². The van der Waals surface area contributed by atoms with E-state index in [1.807, 2.05) is 13.0 Å².